The number of carbonyl (C=O) groups is 2. The molecular formula is C18H32O4. The predicted molar refractivity (Wildman–Crippen MR) is 92.7 cm³/mol. The fourth-order valence-electron chi connectivity index (χ4n) is 1.16. The first kappa shape index (κ1) is 25.4. The Morgan fingerprint density at radius 1 is 1.00 bits per heavy atom. The second-order valence-corrected chi connectivity index (χ2v) is 5.57. The van der Waals surface area contributed by atoms with Crippen molar-refractivity contribution in [2.45, 2.75) is 41.0 Å². The SMILES string of the molecule is CCC.CO.COCC(C)(C)C.O=Cc1ccccc1C=O. The maximum atomic E-state index is 10.2. The topological polar surface area (TPSA) is 63.6 Å². The van der Waals surface area contributed by atoms with E-state index < -0.39 is 0 Å². The summed E-state index contributed by atoms with van der Waals surface area (Å²) in [5.74, 6) is 0. The summed E-state index contributed by atoms with van der Waals surface area (Å²) in [6, 6.07) is 6.65. The molecule has 0 bridgehead atoms. The second kappa shape index (κ2) is 17.5. The molecule has 0 amide bonds. The molecule has 0 aliphatic rings. The number of methoxy groups -OCH3 is 1. The summed E-state index contributed by atoms with van der Waals surface area (Å²) in [4.78, 5) is 20.5. The fraction of sp³-hybridized carbons (Fsp3) is 0.556. The van der Waals surface area contributed by atoms with E-state index in [-0.39, 0.29) is 0 Å². The van der Waals surface area contributed by atoms with Gasteiger partial charge in [0.05, 0.1) is 6.61 Å². The summed E-state index contributed by atoms with van der Waals surface area (Å²) >= 11 is 0. The van der Waals surface area contributed by atoms with E-state index in [0.29, 0.717) is 29.1 Å². The zero-order valence-electron chi connectivity index (χ0n) is 15.1. The van der Waals surface area contributed by atoms with Crippen LogP contribution in [0.25, 0.3) is 0 Å². The molecule has 1 aromatic rings. The van der Waals surface area contributed by atoms with Crippen molar-refractivity contribution in [1.29, 1.82) is 0 Å². The van der Waals surface area contributed by atoms with Gasteiger partial charge in [0.2, 0.25) is 0 Å². The minimum Gasteiger partial charge on any atom is -0.400 e. The lowest BCUT2D eigenvalue weighted by Crippen LogP contribution is -2.12. The molecule has 0 aliphatic heterocycles. The smallest absolute Gasteiger partial charge is 0.150 e. The Hall–Kier alpha value is -1.52. The summed E-state index contributed by atoms with van der Waals surface area (Å²) in [5.41, 5.74) is 1.21. The standard InChI is InChI=1S/C8H6O2.C6H14O.C3H8.CH4O/c9-5-7-3-1-2-4-8(7)6-10;1-6(2,3)5-7-4;1-3-2;1-2/h1-6H;5H2,1-4H3;3H2,1-2H3;2H,1H3. The van der Waals surface area contributed by atoms with Gasteiger partial charge >= 0.3 is 0 Å². The van der Waals surface area contributed by atoms with Gasteiger partial charge in [0, 0.05) is 25.3 Å². The van der Waals surface area contributed by atoms with E-state index in [4.69, 9.17) is 9.84 Å². The van der Waals surface area contributed by atoms with E-state index in [9.17, 15) is 9.59 Å². The van der Waals surface area contributed by atoms with Crippen molar-refractivity contribution >= 4 is 12.6 Å². The second-order valence-electron chi connectivity index (χ2n) is 5.57. The normalized spacial score (nSPS) is 8.91. The number of hydrogen-bond donors (Lipinski definition) is 1. The molecule has 1 rings (SSSR count). The molecule has 0 saturated heterocycles. The van der Waals surface area contributed by atoms with Crippen molar-refractivity contribution < 1.29 is 19.4 Å². The summed E-state index contributed by atoms with van der Waals surface area (Å²) < 4.78 is 4.91. The molecule has 22 heavy (non-hydrogen) atoms. The van der Waals surface area contributed by atoms with Gasteiger partial charge < -0.3 is 9.84 Å². The maximum absolute atomic E-state index is 10.2. The zero-order chi connectivity index (χ0) is 18.0. The average Bonchev–Trinajstić information content (AvgIpc) is 2.49. The molecule has 4 nitrogen and oxygen atoms in total. The lowest BCUT2D eigenvalue weighted by Gasteiger charge is -2.15. The predicted octanol–water partition coefficient (Wildman–Crippen LogP) is 4.02. The number of rotatable bonds is 3. The molecular weight excluding hydrogens is 280 g/mol. The highest BCUT2D eigenvalue weighted by Gasteiger charge is 2.07. The van der Waals surface area contributed by atoms with Crippen molar-refractivity contribution in [3.8, 4) is 0 Å². The van der Waals surface area contributed by atoms with Crippen LogP contribution in [-0.4, -0.2) is 38.5 Å². The first-order valence-corrected chi connectivity index (χ1v) is 7.29. The minimum absolute atomic E-state index is 0.328. The van der Waals surface area contributed by atoms with Gasteiger partial charge in [0.25, 0.3) is 0 Å². The monoisotopic (exact) mass is 312 g/mol. The maximum Gasteiger partial charge on any atom is 0.150 e. The molecule has 0 spiro atoms. The largest absolute Gasteiger partial charge is 0.400 e. The van der Waals surface area contributed by atoms with Crippen LogP contribution in [0.3, 0.4) is 0 Å². The van der Waals surface area contributed by atoms with Crippen LogP contribution in [0.1, 0.15) is 61.8 Å². The van der Waals surface area contributed by atoms with Gasteiger partial charge in [-0.15, -0.1) is 0 Å². The highest BCUT2D eigenvalue weighted by molar-refractivity contribution is 5.89. The molecule has 1 N–H and O–H groups in total. The van der Waals surface area contributed by atoms with Gasteiger partial charge in [-0.2, -0.15) is 0 Å². The lowest BCUT2D eigenvalue weighted by molar-refractivity contribution is 0.109. The molecule has 128 valence electrons. The number of aliphatic hydroxyl groups is 1. The van der Waals surface area contributed by atoms with Crippen LogP contribution in [0.2, 0.25) is 0 Å². The third-order valence-electron chi connectivity index (χ3n) is 1.83. The molecule has 1 aromatic carbocycles. The van der Waals surface area contributed by atoms with Gasteiger partial charge in [-0.25, -0.2) is 0 Å². The summed E-state index contributed by atoms with van der Waals surface area (Å²) in [6.07, 6.45) is 2.59. The Labute approximate surface area is 135 Å². The Balaban J connectivity index is -0.000000264. The first-order valence-electron chi connectivity index (χ1n) is 7.29. The highest BCUT2D eigenvalue weighted by Crippen LogP contribution is 2.11. The van der Waals surface area contributed by atoms with E-state index in [0.717, 1.165) is 13.7 Å². The van der Waals surface area contributed by atoms with Crippen LogP contribution in [-0.2, 0) is 4.74 Å². The molecule has 0 aromatic heterocycles. The molecule has 0 atom stereocenters. The molecule has 4 heteroatoms. The van der Waals surface area contributed by atoms with Crippen LogP contribution in [0.4, 0.5) is 0 Å². The highest BCUT2D eigenvalue weighted by atomic mass is 16.5. The van der Waals surface area contributed by atoms with E-state index in [1.165, 1.54) is 6.42 Å². The van der Waals surface area contributed by atoms with Gasteiger partial charge in [-0.1, -0.05) is 65.3 Å². The third-order valence-corrected chi connectivity index (χ3v) is 1.83. The van der Waals surface area contributed by atoms with Crippen LogP contribution in [0.5, 0.6) is 0 Å². The van der Waals surface area contributed by atoms with Gasteiger partial charge in [0.15, 0.2) is 12.6 Å². The quantitative estimate of drug-likeness (QED) is 0.856. The number of aliphatic hydroxyl groups excluding tert-OH is 1. The van der Waals surface area contributed by atoms with E-state index >= 15 is 0 Å². The zero-order valence-corrected chi connectivity index (χ0v) is 15.1. The molecule has 0 unspecified atom stereocenters. The van der Waals surface area contributed by atoms with Gasteiger partial charge in [-0.05, 0) is 5.41 Å². The molecule has 0 fully saturated rings. The van der Waals surface area contributed by atoms with Crippen LogP contribution in [0.15, 0.2) is 24.3 Å². The average molecular weight is 312 g/mol. The number of hydrogen-bond acceptors (Lipinski definition) is 4. The Morgan fingerprint density at radius 2 is 1.32 bits per heavy atom. The molecule has 0 radical (unpaired) electrons. The number of carbonyl (C=O) groups excluding carboxylic acids is 2. The first-order chi connectivity index (χ1) is 10.4. The van der Waals surface area contributed by atoms with Gasteiger partial charge in [0.1, 0.15) is 0 Å². The van der Waals surface area contributed by atoms with Crippen molar-refractivity contribution in [1.82, 2.24) is 0 Å². The lowest BCUT2D eigenvalue weighted by atomic mass is 9.99. The summed E-state index contributed by atoms with van der Waals surface area (Å²) in [6.45, 7) is 11.5. The van der Waals surface area contributed by atoms with Crippen molar-refractivity contribution in [3.05, 3.63) is 35.4 Å². The van der Waals surface area contributed by atoms with E-state index in [2.05, 4.69) is 34.6 Å². The molecule has 0 saturated carbocycles. The minimum atomic E-state index is 0.328. The van der Waals surface area contributed by atoms with Crippen LogP contribution in [0, 0.1) is 5.41 Å². The Bertz CT molecular complexity index is 341. The summed E-state index contributed by atoms with van der Waals surface area (Å²) in [7, 11) is 2.73. The summed E-state index contributed by atoms with van der Waals surface area (Å²) in [5, 5.41) is 7.00. The van der Waals surface area contributed by atoms with Crippen molar-refractivity contribution in [3.63, 3.8) is 0 Å². The molecule has 0 aliphatic carbocycles. The Kier molecular flexibility index (Phi) is 20.3. The van der Waals surface area contributed by atoms with E-state index in [1.54, 1.807) is 31.4 Å². The third kappa shape index (κ3) is 18.5. The number of aldehydes is 2. The molecule has 0 heterocycles. The van der Waals surface area contributed by atoms with Gasteiger partial charge in [-0.3, -0.25) is 9.59 Å². The Morgan fingerprint density at radius 3 is 1.45 bits per heavy atom. The fourth-order valence-corrected chi connectivity index (χ4v) is 1.16. The van der Waals surface area contributed by atoms with Crippen molar-refractivity contribution in [2.24, 2.45) is 5.41 Å². The van der Waals surface area contributed by atoms with E-state index in [1.807, 2.05) is 0 Å². The number of benzene rings is 1. The van der Waals surface area contributed by atoms with Crippen LogP contribution < -0.4 is 0 Å². The number of ether oxygens (including phenoxy) is 1. The van der Waals surface area contributed by atoms with Crippen LogP contribution >= 0.6 is 0 Å². The van der Waals surface area contributed by atoms with Crippen molar-refractivity contribution in [2.75, 3.05) is 20.8 Å².